The van der Waals surface area contributed by atoms with Gasteiger partial charge in [0.15, 0.2) is 0 Å². The second-order valence-corrected chi connectivity index (χ2v) is 6.73. The number of fused-ring (bicyclic) bond motifs is 1. The first-order valence-corrected chi connectivity index (χ1v) is 8.40. The molecule has 20 heavy (non-hydrogen) atoms. The number of rotatable bonds is 3. The first-order valence-electron chi connectivity index (χ1n) is 7.77. The minimum atomic E-state index is 0.320. The highest BCUT2D eigenvalue weighted by Gasteiger charge is 2.36. The SMILES string of the molecule is CC1CCc2ccccc2N1CC1(CS)CCOCC1. The van der Waals surface area contributed by atoms with Gasteiger partial charge in [-0.15, -0.1) is 0 Å². The second-order valence-electron chi connectivity index (χ2n) is 6.41. The Hall–Kier alpha value is -0.670. The molecule has 1 saturated heterocycles. The van der Waals surface area contributed by atoms with Crippen molar-refractivity contribution in [1.29, 1.82) is 0 Å². The summed E-state index contributed by atoms with van der Waals surface area (Å²) in [5.74, 6) is 0.960. The topological polar surface area (TPSA) is 12.5 Å². The van der Waals surface area contributed by atoms with E-state index < -0.39 is 0 Å². The molecule has 2 nitrogen and oxygen atoms in total. The Balaban J connectivity index is 1.85. The van der Waals surface area contributed by atoms with Gasteiger partial charge in [0.05, 0.1) is 0 Å². The van der Waals surface area contributed by atoms with E-state index in [1.165, 1.54) is 24.1 Å². The molecule has 1 atom stereocenters. The summed E-state index contributed by atoms with van der Waals surface area (Å²) < 4.78 is 5.56. The van der Waals surface area contributed by atoms with E-state index in [0.29, 0.717) is 11.5 Å². The number of benzene rings is 1. The quantitative estimate of drug-likeness (QED) is 0.855. The lowest BCUT2D eigenvalue weighted by Gasteiger charge is -2.45. The van der Waals surface area contributed by atoms with Crippen LogP contribution in [0.1, 0.15) is 31.7 Å². The van der Waals surface area contributed by atoms with E-state index in [0.717, 1.165) is 38.4 Å². The Morgan fingerprint density at radius 2 is 2.05 bits per heavy atom. The summed E-state index contributed by atoms with van der Waals surface area (Å²) in [5.41, 5.74) is 3.27. The van der Waals surface area contributed by atoms with Crippen LogP contribution in [-0.4, -0.2) is 31.6 Å². The van der Waals surface area contributed by atoms with Crippen LogP contribution in [0, 0.1) is 5.41 Å². The standard InChI is InChI=1S/C17H25NOS/c1-14-6-7-15-4-2-3-5-16(15)18(14)12-17(13-20)8-10-19-11-9-17/h2-5,14,20H,6-13H2,1H3. The van der Waals surface area contributed by atoms with Gasteiger partial charge in [-0.3, -0.25) is 0 Å². The summed E-state index contributed by atoms with van der Waals surface area (Å²) in [6.45, 7) is 5.27. The lowest BCUT2D eigenvalue weighted by Crippen LogP contribution is -2.48. The molecule has 0 radical (unpaired) electrons. The van der Waals surface area contributed by atoms with Crippen LogP contribution in [0.25, 0.3) is 0 Å². The molecule has 1 unspecified atom stereocenters. The van der Waals surface area contributed by atoms with Crippen molar-refractivity contribution in [3.05, 3.63) is 29.8 Å². The van der Waals surface area contributed by atoms with E-state index in [1.807, 2.05) is 0 Å². The summed E-state index contributed by atoms with van der Waals surface area (Å²) >= 11 is 4.67. The van der Waals surface area contributed by atoms with Crippen LogP contribution < -0.4 is 4.90 Å². The van der Waals surface area contributed by atoms with Crippen molar-refractivity contribution in [1.82, 2.24) is 0 Å². The summed E-state index contributed by atoms with van der Waals surface area (Å²) in [6.07, 6.45) is 4.75. The van der Waals surface area contributed by atoms with Crippen LogP contribution in [0.5, 0.6) is 0 Å². The van der Waals surface area contributed by atoms with Gasteiger partial charge in [-0.25, -0.2) is 0 Å². The van der Waals surface area contributed by atoms with E-state index in [-0.39, 0.29) is 0 Å². The normalized spacial score (nSPS) is 25.3. The van der Waals surface area contributed by atoms with E-state index in [2.05, 4.69) is 48.7 Å². The first-order chi connectivity index (χ1) is 9.74. The molecule has 0 spiro atoms. The summed E-state index contributed by atoms with van der Waals surface area (Å²) in [7, 11) is 0. The third-order valence-electron chi connectivity index (χ3n) is 5.06. The Morgan fingerprint density at radius 3 is 2.80 bits per heavy atom. The van der Waals surface area contributed by atoms with E-state index >= 15 is 0 Å². The summed E-state index contributed by atoms with van der Waals surface area (Å²) in [6, 6.07) is 9.53. The summed E-state index contributed by atoms with van der Waals surface area (Å²) in [5, 5.41) is 0. The lowest BCUT2D eigenvalue weighted by atomic mass is 9.80. The molecule has 0 amide bonds. The minimum absolute atomic E-state index is 0.320. The smallest absolute Gasteiger partial charge is 0.0472 e. The molecule has 0 N–H and O–H groups in total. The zero-order valence-electron chi connectivity index (χ0n) is 12.3. The van der Waals surface area contributed by atoms with Crippen LogP contribution in [0.4, 0.5) is 5.69 Å². The van der Waals surface area contributed by atoms with Crippen molar-refractivity contribution in [2.24, 2.45) is 5.41 Å². The maximum atomic E-state index is 5.56. The van der Waals surface area contributed by atoms with Crippen LogP contribution in [0.2, 0.25) is 0 Å². The predicted octanol–water partition coefficient (Wildman–Crippen LogP) is 3.55. The molecule has 2 aliphatic heterocycles. The maximum absolute atomic E-state index is 5.56. The fraction of sp³-hybridized carbons (Fsp3) is 0.647. The molecule has 2 aliphatic rings. The molecule has 0 bridgehead atoms. The van der Waals surface area contributed by atoms with Gasteiger partial charge in [0.1, 0.15) is 0 Å². The monoisotopic (exact) mass is 291 g/mol. The van der Waals surface area contributed by atoms with Crippen LogP contribution in [0.15, 0.2) is 24.3 Å². The number of para-hydroxylation sites is 1. The van der Waals surface area contributed by atoms with Crippen molar-refractivity contribution >= 4 is 18.3 Å². The Morgan fingerprint density at radius 1 is 1.30 bits per heavy atom. The fourth-order valence-electron chi connectivity index (χ4n) is 3.53. The number of hydrogen-bond donors (Lipinski definition) is 1. The highest BCUT2D eigenvalue weighted by atomic mass is 32.1. The molecule has 0 aromatic heterocycles. The second kappa shape index (κ2) is 5.98. The zero-order valence-corrected chi connectivity index (χ0v) is 13.2. The van der Waals surface area contributed by atoms with E-state index in [1.54, 1.807) is 0 Å². The average Bonchev–Trinajstić information content (AvgIpc) is 2.51. The van der Waals surface area contributed by atoms with Gasteiger partial charge in [-0.2, -0.15) is 12.6 Å². The van der Waals surface area contributed by atoms with Crippen molar-refractivity contribution in [3.63, 3.8) is 0 Å². The zero-order chi connectivity index (χ0) is 14.0. The molecule has 0 saturated carbocycles. The Kier molecular flexibility index (Phi) is 4.27. The molecular formula is C17H25NOS. The highest BCUT2D eigenvalue weighted by molar-refractivity contribution is 7.80. The molecule has 2 heterocycles. The van der Waals surface area contributed by atoms with E-state index in [4.69, 9.17) is 4.74 Å². The van der Waals surface area contributed by atoms with Crippen molar-refractivity contribution in [3.8, 4) is 0 Å². The van der Waals surface area contributed by atoms with Crippen molar-refractivity contribution < 1.29 is 4.74 Å². The molecule has 110 valence electrons. The third-order valence-corrected chi connectivity index (χ3v) is 5.73. The number of aryl methyl sites for hydroxylation is 1. The first kappa shape index (κ1) is 14.3. The molecule has 0 aliphatic carbocycles. The van der Waals surface area contributed by atoms with Crippen LogP contribution >= 0.6 is 12.6 Å². The lowest BCUT2D eigenvalue weighted by molar-refractivity contribution is 0.0287. The van der Waals surface area contributed by atoms with Crippen LogP contribution in [-0.2, 0) is 11.2 Å². The molecule has 3 rings (SSSR count). The van der Waals surface area contributed by atoms with Gasteiger partial charge < -0.3 is 9.64 Å². The van der Waals surface area contributed by atoms with Crippen molar-refractivity contribution in [2.45, 2.75) is 38.6 Å². The van der Waals surface area contributed by atoms with Gasteiger partial charge in [-0.1, -0.05) is 18.2 Å². The molecule has 1 aromatic carbocycles. The maximum Gasteiger partial charge on any atom is 0.0472 e. The van der Waals surface area contributed by atoms with Gasteiger partial charge in [0.25, 0.3) is 0 Å². The van der Waals surface area contributed by atoms with E-state index in [9.17, 15) is 0 Å². The highest BCUT2D eigenvalue weighted by Crippen LogP contribution is 2.38. The third kappa shape index (κ3) is 2.71. The number of hydrogen-bond acceptors (Lipinski definition) is 3. The minimum Gasteiger partial charge on any atom is -0.381 e. The van der Waals surface area contributed by atoms with Gasteiger partial charge in [0.2, 0.25) is 0 Å². The Labute approximate surface area is 127 Å². The van der Waals surface area contributed by atoms with Crippen LogP contribution in [0.3, 0.4) is 0 Å². The number of nitrogens with zero attached hydrogens (tertiary/aromatic N) is 1. The number of anilines is 1. The Bertz CT molecular complexity index is 456. The average molecular weight is 291 g/mol. The van der Waals surface area contributed by atoms with Gasteiger partial charge in [0, 0.05) is 36.9 Å². The largest absolute Gasteiger partial charge is 0.381 e. The molecule has 1 aromatic rings. The molecular weight excluding hydrogens is 266 g/mol. The number of thiol groups is 1. The predicted molar refractivity (Wildman–Crippen MR) is 87.9 cm³/mol. The molecule has 3 heteroatoms. The van der Waals surface area contributed by atoms with Crippen molar-refractivity contribution in [2.75, 3.05) is 30.4 Å². The fourth-order valence-corrected chi connectivity index (χ4v) is 3.95. The summed E-state index contributed by atoms with van der Waals surface area (Å²) in [4.78, 5) is 2.63. The molecule has 1 fully saturated rings. The number of ether oxygens (including phenoxy) is 1. The van der Waals surface area contributed by atoms with Gasteiger partial charge in [-0.05, 0) is 50.0 Å². The van der Waals surface area contributed by atoms with Gasteiger partial charge >= 0.3 is 0 Å².